The minimum absolute atomic E-state index is 0.0126. The van der Waals surface area contributed by atoms with Crippen LogP contribution in [0.25, 0.3) is 0 Å². The van der Waals surface area contributed by atoms with Gasteiger partial charge in [0, 0.05) is 18.7 Å². The molecule has 0 bridgehead atoms. The molecule has 1 atom stereocenters. The Morgan fingerprint density at radius 2 is 1.69 bits per heavy atom. The molecule has 32 heavy (non-hydrogen) atoms. The van der Waals surface area contributed by atoms with Gasteiger partial charge in [-0.2, -0.15) is 0 Å². The molecule has 9 nitrogen and oxygen atoms in total. The summed E-state index contributed by atoms with van der Waals surface area (Å²) in [5.41, 5.74) is 1.55. The third-order valence-electron chi connectivity index (χ3n) is 5.34. The molecule has 4 rings (SSSR count). The topological polar surface area (TPSA) is 105 Å². The summed E-state index contributed by atoms with van der Waals surface area (Å²) >= 11 is 0. The third-order valence-corrected chi connectivity index (χ3v) is 5.34. The molecule has 0 spiro atoms. The normalized spacial score (nSPS) is 17.1. The first-order valence-corrected chi connectivity index (χ1v) is 10.3. The number of nitrogens with one attached hydrogen (secondary N) is 1. The smallest absolute Gasteiger partial charge is 0.339 e. The van der Waals surface area contributed by atoms with Crippen LogP contribution in [-0.4, -0.2) is 66.5 Å². The van der Waals surface area contributed by atoms with Gasteiger partial charge < -0.3 is 19.7 Å². The molecular formula is C23H23N3O6. The van der Waals surface area contributed by atoms with E-state index < -0.39 is 18.1 Å². The summed E-state index contributed by atoms with van der Waals surface area (Å²) in [6, 6.07) is 14.9. The summed E-state index contributed by atoms with van der Waals surface area (Å²) in [4.78, 5) is 52.1. The molecule has 2 aromatic rings. The highest BCUT2D eigenvalue weighted by molar-refractivity contribution is 6.01. The summed E-state index contributed by atoms with van der Waals surface area (Å²) in [7, 11) is 0. The van der Waals surface area contributed by atoms with Gasteiger partial charge in [-0.25, -0.2) is 9.59 Å². The lowest BCUT2D eigenvalue weighted by Crippen LogP contribution is -2.44. The van der Waals surface area contributed by atoms with E-state index in [-0.39, 0.29) is 30.5 Å². The van der Waals surface area contributed by atoms with Crippen LogP contribution >= 0.6 is 0 Å². The Morgan fingerprint density at radius 1 is 1.00 bits per heavy atom. The fourth-order valence-electron chi connectivity index (χ4n) is 3.56. The number of nitrogens with zero attached hydrogens (tertiary/aromatic N) is 2. The van der Waals surface area contributed by atoms with Crippen LogP contribution in [0.1, 0.15) is 27.6 Å². The third kappa shape index (κ3) is 4.78. The van der Waals surface area contributed by atoms with Crippen LogP contribution in [0.3, 0.4) is 0 Å². The number of carbonyl (C=O) groups is 4. The van der Waals surface area contributed by atoms with Crippen LogP contribution in [0.5, 0.6) is 0 Å². The second-order valence-corrected chi connectivity index (χ2v) is 7.47. The van der Waals surface area contributed by atoms with Crippen molar-refractivity contribution in [2.45, 2.75) is 12.6 Å². The number of esters is 1. The van der Waals surface area contributed by atoms with Crippen LogP contribution in [-0.2, 0) is 25.6 Å². The van der Waals surface area contributed by atoms with E-state index in [4.69, 9.17) is 9.47 Å². The second-order valence-electron chi connectivity index (χ2n) is 7.47. The predicted molar refractivity (Wildman–Crippen MR) is 112 cm³/mol. The monoisotopic (exact) mass is 437 g/mol. The van der Waals surface area contributed by atoms with Crippen molar-refractivity contribution in [3.63, 3.8) is 0 Å². The molecule has 2 aliphatic rings. The molecule has 1 N–H and O–H groups in total. The van der Waals surface area contributed by atoms with E-state index in [2.05, 4.69) is 5.32 Å². The molecule has 9 heteroatoms. The summed E-state index contributed by atoms with van der Waals surface area (Å²) in [5.74, 6) is -1.23. The summed E-state index contributed by atoms with van der Waals surface area (Å²) in [6.45, 7) is 1.87. The Hall–Kier alpha value is -3.72. The maximum absolute atomic E-state index is 13.1. The maximum atomic E-state index is 13.1. The predicted octanol–water partition coefficient (Wildman–Crippen LogP) is 1.50. The molecule has 1 unspecified atom stereocenters. The lowest BCUT2D eigenvalue weighted by molar-refractivity contribution is -0.145. The van der Waals surface area contributed by atoms with Crippen molar-refractivity contribution in [3.05, 3.63) is 71.3 Å². The molecular weight excluding hydrogens is 414 g/mol. The van der Waals surface area contributed by atoms with Crippen LogP contribution in [0, 0.1) is 0 Å². The number of rotatable bonds is 6. The molecule has 0 saturated carbocycles. The van der Waals surface area contributed by atoms with Gasteiger partial charge in [-0.1, -0.05) is 42.5 Å². The van der Waals surface area contributed by atoms with Gasteiger partial charge in [0.15, 0.2) is 0 Å². The lowest BCUT2D eigenvalue weighted by atomic mass is 10.1. The zero-order chi connectivity index (χ0) is 22.5. The van der Waals surface area contributed by atoms with E-state index in [1.165, 1.54) is 0 Å². The van der Waals surface area contributed by atoms with E-state index >= 15 is 0 Å². The van der Waals surface area contributed by atoms with Crippen molar-refractivity contribution < 1.29 is 28.7 Å². The minimum Gasteiger partial charge on any atom is -0.444 e. The summed E-state index contributed by atoms with van der Waals surface area (Å²) < 4.78 is 11.0. The van der Waals surface area contributed by atoms with Crippen molar-refractivity contribution in [1.82, 2.24) is 15.1 Å². The number of imide groups is 1. The van der Waals surface area contributed by atoms with Gasteiger partial charge >= 0.3 is 12.0 Å². The number of benzene rings is 2. The standard InChI is InChI=1S/C23H23N3O6/c27-19-14-24-23(30)26(19)15-16-6-8-18(9-7-16)22(29)32-20(17-4-2-1-3-5-17)21(28)25-10-12-31-13-11-25/h1-9,20H,10-15H2,(H,24,30). The van der Waals surface area contributed by atoms with Crippen LogP contribution < -0.4 is 5.32 Å². The zero-order valence-electron chi connectivity index (χ0n) is 17.4. The first-order chi connectivity index (χ1) is 15.5. The molecule has 2 aliphatic heterocycles. The molecule has 2 fully saturated rings. The lowest BCUT2D eigenvalue weighted by Gasteiger charge is -2.30. The number of hydrogen-bond donors (Lipinski definition) is 1. The van der Waals surface area contributed by atoms with Gasteiger partial charge in [0.25, 0.3) is 5.91 Å². The molecule has 0 aromatic heterocycles. The highest BCUT2D eigenvalue weighted by Crippen LogP contribution is 2.23. The Balaban J connectivity index is 1.47. The minimum atomic E-state index is -1.06. The van der Waals surface area contributed by atoms with Crippen LogP contribution in [0.15, 0.2) is 54.6 Å². The number of urea groups is 1. The van der Waals surface area contributed by atoms with E-state index in [9.17, 15) is 19.2 Å². The highest BCUT2D eigenvalue weighted by Gasteiger charge is 2.31. The molecule has 0 aliphatic carbocycles. The quantitative estimate of drug-likeness (QED) is 0.542. The summed E-state index contributed by atoms with van der Waals surface area (Å²) in [5, 5.41) is 2.46. The van der Waals surface area contributed by atoms with Crippen molar-refractivity contribution in [1.29, 1.82) is 0 Å². The average Bonchev–Trinajstić information content (AvgIpc) is 3.15. The first-order valence-electron chi connectivity index (χ1n) is 10.3. The van der Waals surface area contributed by atoms with Gasteiger partial charge in [-0.15, -0.1) is 0 Å². The number of morpholine rings is 1. The Kier molecular flexibility index (Phi) is 6.46. The van der Waals surface area contributed by atoms with Gasteiger partial charge in [-0.3, -0.25) is 14.5 Å². The van der Waals surface area contributed by atoms with Crippen LogP contribution in [0.2, 0.25) is 0 Å². The van der Waals surface area contributed by atoms with E-state index in [0.29, 0.717) is 37.4 Å². The van der Waals surface area contributed by atoms with Crippen molar-refractivity contribution in [3.8, 4) is 0 Å². The van der Waals surface area contributed by atoms with Crippen LogP contribution in [0.4, 0.5) is 4.79 Å². The van der Waals surface area contributed by atoms with E-state index in [1.54, 1.807) is 53.4 Å². The average molecular weight is 437 g/mol. The number of hydrogen-bond acceptors (Lipinski definition) is 6. The Labute approximate surface area is 184 Å². The number of carbonyl (C=O) groups excluding carboxylic acids is 4. The molecule has 2 saturated heterocycles. The molecule has 4 amide bonds. The van der Waals surface area contributed by atoms with Gasteiger partial charge in [0.1, 0.15) is 0 Å². The SMILES string of the molecule is O=C(OC(C(=O)N1CCOCC1)c1ccccc1)c1ccc(CN2C(=O)CNC2=O)cc1. The number of amides is 4. The van der Waals surface area contributed by atoms with Gasteiger partial charge in [-0.05, 0) is 17.7 Å². The first kappa shape index (κ1) is 21.5. The van der Waals surface area contributed by atoms with Gasteiger partial charge in [0.05, 0.1) is 31.9 Å². The largest absolute Gasteiger partial charge is 0.444 e. The molecule has 0 radical (unpaired) electrons. The number of ether oxygens (including phenoxy) is 2. The molecule has 2 heterocycles. The van der Waals surface area contributed by atoms with Crippen molar-refractivity contribution in [2.24, 2.45) is 0 Å². The van der Waals surface area contributed by atoms with Gasteiger partial charge in [0.2, 0.25) is 12.0 Å². The molecule has 2 aromatic carbocycles. The van der Waals surface area contributed by atoms with E-state index in [1.807, 2.05) is 6.07 Å². The Bertz CT molecular complexity index is 986. The molecule has 166 valence electrons. The van der Waals surface area contributed by atoms with E-state index in [0.717, 1.165) is 4.90 Å². The fraction of sp³-hybridized carbons (Fsp3) is 0.304. The maximum Gasteiger partial charge on any atom is 0.339 e. The fourth-order valence-corrected chi connectivity index (χ4v) is 3.56. The summed E-state index contributed by atoms with van der Waals surface area (Å²) in [6.07, 6.45) is -1.06. The van der Waals surface area contributed by atoms with Crippen molar-refractivity contribution in [2.75, 3.05) is 32.8 Å². The highest BCUT2D eigenvalue weighted by atomic mass is 16.5. The zero-order valence-corrected chi connectivity index (χ0v) is 17.4. The second kappa shape index (κ2) is 9.61. The van der Waals surface area contributed by atoms with Crippen molar-refractivity contribution >= 4 is 23.8 Å². The Morgan fingerprint density at radius 3 is 2.31 bits per heavy atom.